The number of nitrogens with zero attached hydrogens (tertiary/aromatic N) is 1. The van der Waals surface area contributed by atoms with E-state index in [1.807, 2.05) is 6.92 Å². The fraction of sp³-hybridized carbons (Fsp3) is 0.917. The Morgan fingerprint density at radius 1 is 1.43 bits per heavy atom. The van der Waals surface area contributed by atoms with Gasteiger partial charge in [-0.1, -0.05) is 32.6 Å². The number of hydrogen-bond acceptors (Lipinski definition) is 2. The molecule has 0 saturated heterocycles. The van der Waals surface area contributed by atoms with Crippen LogP contribution < -0.4 is 0 Å². The van der Waals surface area contributed by atoms with E-state index >= 15 is 0 Å². The lowest BCUT2D eigenvalue weighted by Crippen LogP contribution is -2.49. The van der Waals surface area contributed by atoms with E-state index in [1.165, 1.54) is 0 Å². The fourth-order valence-electron chi connectivity index (χ4n) is 2.26. The first kappa shape index (κ1) is 11.5. The van der Waals surface area contributed by atoms with Crippen molar-refractivity contribution in [2.24, 2.45) is 5.41 Å². The van der Waals surface area contributed by atoms with Crippen molar-refractivity contribution in [3.63, 3.8) is 0 Å². The van der Waals surface area contributed by atoms with Gasteiger partial charge in [0, 0.05) is 0 Å². The first-order valence-electron chi connectivity index (χ1n) is 5.71. The summed E-state index contributed by atoms with van der Waals surface area (Å²) in [5.41, 5.74) is -1.20. The van der Waals surface area contributed by atoms with E-state index in [1.54, 1.807) is 0 Å². The summed E-state index contributed by atoms with van der Waals surface area (Å²) >= 11 is 0. The van der Waals surface area contributed by atoms with Crippen molar-refractivity contribution in [2.45, 2.75) is 64.4 Å². The highest BCUT2D eigenvalue weighted by Gasteiger charge is 2.51. The van der Waals surface area contributed by atoms with Crippen molar-refractivity contribution in [2.75, 3.05) is 0 Å². The van der Waals surface area contributed by atoms with Crippen molar-refractivity contribution in [1.82, 2.24) is 0 Å². The molecule has 1 atom stereocenters. The highest BCUT2D eigenvalue weighted by atomic mass is 16.3. The fourth-order valence-corrected chi connectivity index (χ4v) is 2.26. The summed E-state index contributed by atoms with van der Waals surface area (Å²) in [6.45, 7) is 3.99. The standard InChI is InChI=1S/C12H21NO/c1-3-4-5-7-11(2,14)12(10-13)8-6-9-12/h14H,3-9H2,1-2H3. The molecule has 80 valence electrons. The van der Waals surface area contributed by atoms with Gasteiger partial charge in [-0.15, -0.1) is 0 Å². The van der Waals surface area contributed by atoms with E-state index in [-0.39, 0.29) is 0 Å². The Balaban J connectivity index is 2.51. The first-order valence-corrected chi connectivity index (χ1v) is 5.71. The predicted octanol–water partition coefficient (Wildman–Crippen LogP) is 3.01. The quantitative estimate of drug-likeness (QED) is 0.685. The van der Waals surface area contributed by atoms with E-state index in [2.05, 4.69) is 13.0 Å². The molecule has 1 saturated carbocycles. The van der Waals surface area contributed by atoms with E-state index in [9.17, 15) is 5.11 Å². The summed E-state index contributed by atoms with van der Waals surface area (Å²) in [5.74, 6) is 0. The lowest BCUT2D eigenvalue weighted by atomic mass is 9.59. The summed E-state index contributed by atoms with van der Waals surface area (Å²) in [6, 6.07) is 2.33. The molecule has 1 fully saturated rings. The van der Waals surface area contributed by atoms with Crippen LogP contribution in [0.25, 0.3) is 0 Å². The Kier molecular flexibility index (Phi) is 3.55. The molecular formula is C12H21NO. The second-order valence-corrected chi connectivity index (χ2v) is 4.78. The van der Waals surface area contributed by atoms with Gasteiger partial charge in [0.1, 0.15) is 0 Å². The van der Waals surface area contributed by atoms with Crippen LogP contribution in [0.2, 0.25) is 0 Å². The van der Waals surface area contributed by atoms with E-state index < -0.39 is 11.0 Å². The third-order valence-corrected chi connectivity index (χ3v) is 3.72. The lowest BCUT2D eigenvalue weighted by Gasteiger charge is -2.46. The molecule has 1 aliphatic rings. The topological polar surface area (TPSA) is 44.0 Å². The summed E-state index contributed by atoms with van der Waals surface area (Å²) in [4.78, 5) is 0. The molecule has 2 heteroatoms. The van der Waals surface area contributed by atoms with Crippen LogP contribution in [-0.4, -0.2) is 10.7 Å². The summed E-state index contributed by atoms with van der Waals surface area (Å²) in [5, 5.41) is 19.4. The third-order valence-electron chi connectivity index (χ3n) is 3.72. The van der Waals surface area contributed by atoms with Crippen molar-refractivity contribution in [3.8, 4) is 6.07 Å². The Bertz CT molecular complexity index is 223. The molecule has 0 heterocycles. The van der Waals surface area contributed by atoms with Crippen molar-refractivity contribution < 1.29 is 5.11 Å². The van der Waals surface area contributed by atoms with Gasteiger partial charge in [-0.2, -0.15) is 5.26 Å². The van der Waals surface area contributed by atoms with Crippen LogP contribution in [0, 0.1) is 16.7 Å². The summed E-state index contributed by atoms with van der Waals surface area (Å²) < 4.78 is 0. The van der Waals surface area contributed by atoms with Gasteiger partial charge in [0.05, 0.1) is 17.1 Å². The van der Waals surface area contributed by atoms with E-state index in [4.69, 9.17) is 5.26 Å². The molecule has 0 aromatic carbocycles. The van der Waals surface area contributed by atoms with Gasteiger partial charge in [0.25, 0.3) is 0 Å². The molecule has 1 rings (SSSR count). The van der Waals surface area contributed by atoms with Crippen molar-refractivity contribution in [3.05, 3.63) is 0 Å². The van der Waals surface area contributed by atoms with Crippen LogP contribution in [0.3, 0.4) is 0 Å². The number of rotatable bonds is 5. The maximum Gasteiger partial charge on any atom is 0.0857 e. The predicted molar refractivity (Wildman–Crippen MR) is 56.7 cm³/mol. The molecule has 1 aliphatic carbocycles. The Morgan fingerprint density at radius 2 is 2.07 bits per heavy atom. The van der Waals surface area contributed by atoms with Gasteiger partial charge in [-0.25, -0.2) is 0 Å². The van der Waals surface area contributed by atoms with Crippen LogP contribution in [-0.2, 0) is 0 Å². The molecule has 0 amide bonds. The summed E-state index contributed by atoms with van der Waals surface area (Å²) in [7, 11) is 0. The highest BCUT2D eigenvalue weighted by molar-refractivity contribution is 5.14. The zero-order chi connectivity index (χ0) is 10.7. The molecule has 0 radical (unpaired) electrons. The van der Waals surface area contributed by atoms with Crippen molar-refractivity contribution >= 4 is 0 Å². The molecule has 14 heavy (non-hydrogen) atoms. The lowest BCUT2D eigenvalue weighted by molar-refractivity contribution is -0.0864. The minimum Gasteiger partial charge on any atom is -0.389 e. The number of unbranched alkanes of at least 4 members (excludes halogenated alkanes) is 2. The van der Waals surface area contributed by atoms with Crippen LogP contribution >= 0.6 is 0 Å². The van der Waals surface area contributed by atoms with Crippen LogP contribution in [0.4, 0.5) is 0 Å². The first-order chi connectivity index (χ1) is 6.58. The summed E-state index contributed by atoms with van der Waals surface area (Å²) in [6.07, 6.45) is 6.97. The maximum atomic E-state index is 10.3. The van der Waals surface area contributed by atoms with Gasteiger partial charge in [0.15, 0.2) is 0 Å². The molecule has 0 aromatic rings. The number of aliphatic hydroxyl groups is 1. The Morgan fingerprint density at radius 3 is 2.43 bits per heavy atom. The van der Waals surface area contributed by atoms with Gasteiger partial charge < -0.3 is 5.11 Å². The van der Waals surface area contributed by atoms with E-state index in [0.29, 0.717) is 0 Å². The SMILES string of the molecule is CCCCCC(C)(O)C1(C#N)CCC1. The largest absolute Gasteiger partial charge is 0.389 e. The van der Waals surface area contributed by atoms with Crippen LogP contribution in [0.1, 0.15) is 58.8 Å². The Hall–Kier alpha value is -0.550. The molecule has 0 aromatic heterocycles. The maximum absolute atomic E-state index is 10.3. The van der Waals surface area contributed by atoms with Gasteiger partial charge in [-0.05, 0) is 26.2 Å². The monoisotopic (exact) mass is 195 g/mol. The molecular weight excluding hydrogens is 174 g/mol. The van der Waals surface area contributed by atoms with Gasteiger partial charge in [0.2, 0.25) is 0 Å². The Labute approximate surface area is 86.9 Å². The second kappa shape index (κ2) is 4.31. The number of hydrogen-bond donors (Lipinski definition) is 1. The zero-order valence-corrected chi connectivity index (χ0v) is 9.34. The van der Waals surface area contributed by atoms with Crippen LogP contribution in [0.15, 0.2) is 0 Å². The average Bonchev–Trinajstić information content (AvgIpc) is 2.02. The zero-order valence-electron chi connectivity index (χ0n) is 9.34. The molecule has 1 unspecified atom stereocenters. The van der Waals surface area contributed by atoms with Crippen LogP contribution in [0.5, 0.6) is 0 Å². The van der Waals surface area contributed by atoms with E-state index in [0.717, 1.165) is 44.9 Å². The molecule has 1 N–H and O–H groups in total. The smallest absolute Gasteiger partial charge is 0.0857 e. The minimum atomic E-state index is -0.769. The normalized spacial score (nSPS) is 23.3. The average molecular weight is 195 g/mol. The molecule has 0 bridgehead atoms. The third kappa shape index (κ3) is 1.93. The van der Waals surface area contributed by atoms with Crippen molar-refractivity contribution in [1.29, 1.82) is 5.26 Å². The van der Waals surface area contributed by atoms with Gasteiger partial charge in [-0.3, -0.25) is 0 Å². The van der Waals surface area contributed by atoms with Gasteiger partial charge >= 0.3 is 0 Å². The second-order valence-electron chi connectivity index (χ2n) is 4.78. The molecule has 0 aliphatic heterocycles. The minimum absolute atomic E-state index is 0.430. The highest BCUT2D eigenvalue weighted by Crippen LogP contribution is 2.50. The molecule has 0 spiro atoms. The number of nitriles is 1. The molecule has 2 nitrogen and oxygen atoms in total.